The van der Waals surface area contributed by atoms with Crippen LogP contribution in [0.4, 0.5) is 4.79 Å². The van der Waals surface area contributed by atoms with Gasteiger partial charge in [-0.1, -0.05) is 6.07 Å². The summed E-state index contributed by atoms with van der Waals surface area (Å²) in [6, 6.07) is 6.08. The number of imide groups is 1. The Morgan fingerprint density at radius 2 is 2.00 bits per heavy atom. The third-order valence-corrected chi connectivity index (χ3v) is 2.74. The summed E-state index contributed by atoms with van der Waals surface area (Å²) >= 11 is 2.07. The van der Waals surface area contributed by atoms with E-state index in [0.29, 0.717) is 5.56 Å². The smallest absolute Gasteiger partial charge is 0.338 e. The van der Waals surface area contributed by atoms with Crippen LogP contribution >= 0.6 is 22.6 Å². The fraction of sp³-hybridized carbons (Fsp3) is 0.308. The van der Waals surface area contributed by atoms with Crippen molar-refractivity contribution in [3.05, 3.63) is 33.4 Å². The van der Waals surface area contributed by atoms with Crippen LogP contribution in [0.15, 0.2) is 24.3 Å². The number of rotatable bonds is 4. The van der Waals surface area contributed by atoms with Crippen LogP contribution in [-0.4, -0.2) is 30.6 Å². The van der Waals surface area contributed by atoms with Crippen molar-refractivity contribution in [2.24, 2.45) is 0 Å². The quantitative estimate of drug-likeness (QED) is 0.606. The van der Waals surface area contributed by atoms with Crippen LogP contribution in [0.2, 0.25) is 0 Å². The minimum absolute atomic E-state index is 0.0863. The molecule has 2 N–H and O–H groups in total. The Morgan fingerprint density at radius 1 is 1.30 bits per heavy atom. The van der Waals surface area contributed by atoms with Gasteiger partial charge in [0.05, 0.1) is 5.56 Å². The van der Waals surface area contributed by atoms with E-state index in [0.717, 1.165) is 3.57 Å². The van der Waals surface area contributed by atoms with Crippen molar-refractivity contribution in [2.45, 2.75) is 19.9 Å². The van der Waals surface area contributed by atoms with Crippen LogP contribution in [0.1, 0.15) is 24.2 Å². The van der Waals surface area contributed by atoms with Crippen LogP contribution in [0.3, 0.4) is 0 Å². The lowest BCUT2D eigenvalue weighted by Crippen LogP contribution is -2.44. The summed E-state index contributed by atoms with van der Waals surface area (Å²) in [6.45, 7) is 3.03. The number of ether oxygens (including phenoxy) is 1. The van der Waals surface area contributed by atoms with Crippen LogP contribution in [-0.2, 0) is 9.53 Å². The summed E-state index contributed by atoms with van der Waals surface area (Å²) in [4.78, 5) is 34.3. The molecule has 1 aromatic rings. The van der Waals surface area contributed by atoms with Gasteiger partial charge >= 0.3 is 12.0 Å². The Kier molecular flexibility index (Phi) is 6.43. The molecule has 0 radical (unpaired) electrons. The van der Waals surface area contributed by atoms with Crippen molar-refractivity contribution in [1.29, 1.82) is 0 Å². The van der Waals surface area contributed by atoms with Gasteiger partial charge in [0.2, 0.25) is 0 Å². The first-order valence-corrected chi connectivity index (χ1v) is 6.99. The second-order valence-electron chi connectivity index (χ2n) is 4.26. The molecule has 1 rings (SSSR count). The molecular formula is C13H15IN2O4. The first-order chi connectivity index (χ1) is 9.38. The Hall–Kier alpha value is -1.64. The van der Waals surface area contributed by atoms with E-state index in [4.69, 9.17) is 4.74 Å². The molecule has 0 aliphatic carbocycles. The molecule has 0 aromatic heterocycles. The van der Waals surface area contributed by atoms with E-state index in [2.05, 4.69) is 33.2 Å². The van der Waals surface area contributed by atoms with E-state index in [1.54, 1.807) is 32.0 Å². The minimum atomic E-state index is -0.679. The van der Waals surface area contributed by atoms with Gasteiger partial charge in [-0.3, -0.25) is 10.1 Å². The molecule has 0 spiro atoms. The molecule has 0 aliphatic rings. The summed E-state index contributed by atoms with van der Waals surface area (Å²) < 4.78 is 5.70. The second kappa shape index (κ2) is 7.83. The van der Waals surface area contributed by atoms with Crippen LogP contribution in [0.5, 0.6) is 0 Å². The third-order valence-electron chi connectivity index (χ3n) is 2.07. The fourth-order valence-corrected chi connectivity index (χ4v) is 1.83. The molecule has 0 saturated carbocycles. The van der Waals surface area contributed by atoms with Gasteiger partial charge in [-0.05, 0) is 54.6 Å². The predicted molar refractivity (Wildman–Crippen MR) is 81.3 cm³/mol. The number of hydrogen-bond donors (Lipinski definition) is 2. The Balaban J connectivity index is 2.41. The Morgan fingerprint density at radius 3 is 2.60 bits per heavy atom. The summed E-state index contributed by atoms with van der Waals surface area (Å²) in [6.07, 6.45) is 0. The number of benzene rings is 1. The lowest BCUT2D eigenvalue weighted by atomic mass is 10.2. The van der Waals surface area contributed by atoms with Crippen molar-refractivity contribution >= 4 is 40.5 Å². The van der Waals surface area contributed by atoms with Gasteiger partial charge in [-0.25, -0.2) is 9.59 Å². The van der Waals surface area contributed by atoms with Gasteiger partial charge in [0, 0.05) is 9.61 Å². The van der Waals surface area contributed by atoms with E-state index < -0.39 is 24.5 Å². The largest absolute Gasteiger partial charge is 0.452 e. The van der Waals surface area contributed by atoms with Gasteiger partial charge in [-0.15, -0.1) is 0 Å². The molecule has 108 valence electrons. The van der Waals surface area contributed by atoms with Crippen LogP contribution < -0.4 is 10.6 Å². The predicted octanol–water partition coefficient (Wildman–Crippen LogP) is 1.68. The molecule has 0 bridgehead atoms. The molecule has 1 aromatic carbocycles. The number of halogens is 1. The first-order valence-electron chi connectivity index (χ1n) is 5.91. The lowest BCUT2D eigenvalue weighted by molar-refractivity contribution is -0.123. The number of nitrogens with one attached hydrogen (secondary N) is 2. The first kappa shape index (κ1) is 16.4. The number of urea groups is 1. The molecule has 0 aliphatic heterocycles. The van der Waals surface area contributed by atoms with Gasteiger partial charge in [-0.2, -0.15) is 0 Å². The number of esters is 1. The zero-order valence-corrected chi connectivity index (χ0v) is 13.3. The number of amides is 3. The van der Waals surface area contributed by atoms with Crippen molar-refractivity contribution in [2.75, 3.05) is 6.61 Å². The van der Waals surface area contributed by atoms with Crippen LogP contribution in [0, 0.1) is 3.57 Å². The highest BCUT2D eigenvalue weighted by Gasteiger charge is 2.12. The molecule has 3 amide bonds. The van der Waals surface area contributed by atoms with E-state index in [1.165, 1.54) is 0 Å². The SMILES string of the molecule is CC(C)NC(=O)NC(=O)COC(=O)c1cccc(I)c1. The highest BCUT2D eigenvalue weighted by molar-refractivity contribution is 14.1. The maximum absolute atomic E-state index is 11.7. The third kappa shape index (κ3) is 6.00. The Labute approximate surface area is 130 Å². The average molecular weight is 390 g/mol. The zero-order valence-electron chi connectivity index (χ0n) is 11.1. The zero-order chi connectivity index (χ0) is 15.1. The summed E-state index contributed by atoms with van der Waals surface area (Å²) in [5.41, 5.74) is 0.358. The second-order valence-corrected chi connectivity index (χ2v) is 5.51. The molecule has 0 heterocycles. The maximum Gasteiger partial charge on any atom is 0.338 e. The van der Waals surface area contributed by atoms with Crippen molar-refractivity contribution in [1.82, 2.24) is 10.6 Å². The normalized spacial score (nSPS) is 10.0. The molecule has 7 heteroatoms. The number of carbonyl (C=O) groups excluding carboxylic acids is 3. The highest BCUT2D eigenvalue weighted by atomic mass is 127. The monoisotopic (exact) mass is 390 g/mol. The molecule has 0 fully saturated rings. The van der Waals surface area contributed by atoms with Gasteiger partial charge in [0.1, 0.15) is 0 Å². The molecule has 0 atom stereocenters. The Bertz CT molecular complexity index is 517. The summed E-state index contributed by atoms with van der Waals surface area (Å²) in [5, 5.41) is 4.55. The maximum atomic E-state index is 11.7. The van der Waals surface area contributed by atoms with Gasteiger partial charge in [0.15, 0.2) is 6.61 Å². The number of carbonyl (C=O) groups is 3. The average Bonchev–Trinajstić information content (AvgIpc) is 2.34. The van der Waals surface area contributed by atoms with Crippen molar-refractivity contribution < 1.29 is 19.1 Å². The van der Waals surface area contributed by atoms with Crippen molar-refractivity contribution in [3.63, 3.8) is 0 Å². The van der Waals surface area contributed by atoms with E-state index in [1.807, 2.05) is 6.07 Å². The fourth-order valence-electron chi connectivity index (χ4n) is 1.29. The van der Waals surface area contributed by atoms with Gasteiger partial charge < -0.3 is 10.1 Å². The minimum Gasteiger partial charge on any atom is -0.452 e. The lowest BCUT2D eigenvalue weighted by Gasteiger charge is -2.09. The molecule has 0 saturated heterocycles. The molecule has 20 heavy (non-hydrogen) atoms. The van der Waals surface area contributed by atoms with E-state index in [-0.39, 0.29) is 6.04 Å². The number of hydrogen-bond acceptors (Lipinski definition) is 4. The molecule has 6 nitrogen and oxygen atoms in total. The summed E-state index contributed by atoms with van der Waals surface area (Å²) in [7, 11) is 0. The summed E-state index contributed by atoms with van der Waals surface area (Å²) in [5.74, 6) is -1.29. The highest BCUT2D eigenvalue weighted by Crippen LogP contribution is 2.08. The molecule has 0 unspecified atom stereocenters. The van der Waals surface area contributed by atoms with E-state index >= 15 is 0 Å². The van der Waals surface area contributed by atoms with Gasteiger partial charge in [0.25, 0.3) is 5.91 Å². The topological polar surface area (TPSA) is 84.5 Å². The molecular weight excluding hydrogens is 375 g/mol. The van der Waals surface area contributed by atoms with Crippen LogP contribution in [0.25, 0.3) is 0 Å². The van der Waals surface area contributed by atoms with Crippen molar-refractivity contribution in [3.8, 4) is 0 Å². The van der Waals surface area contributed by atoms with E-state index in [9.17, 15) is 14.4 Å². The standard InChI is InChI=1S/C13H15IN2O4/c1-8(2)15-13(19)16-11(17)7-20-12(18)9-4-3-5-10(14)6-9/h3-6,8H,7H2,1-2H3,(H2,15,16,17,19).